The predicted octanol–water partition coefficient (Wildman–Crippen LogP) is 4.88. The maximum absolute atomic E-state index is 13.1. The highest BCUT2D eigenvalue weighted by atomic mass is 35.5. The fourth-order valence-corrected chi connectivity index (χ4v) is 4.44. The van der Waals surface area contributed by atoms with Gasteiger partial charge >= 0.3 is 0 Å². The minimum absolute atomic E-state index is 0.0205. The molecule has 0 saturated carbocycles. The Hall–Kier alpha value is -2.90. The van der Waals surface area contributed by atoms with Gasteiger partial charge in [0.1, 0.15) is 5.75 Å². The number of piperidine rings is 1. The number of amides is 1. The van der Waals surface area contributed by atoms with Crippen molar-refractivity contribution in [3.8, 4) is 17.1 Å². The van der Waals surface area contributed by atoms with E-state index in [0.717, 1.165) is 42.7 Å². The molecule has 1 N–H and O–H groups in total. The zero-order chi connectivity index (χ0) is 23.2. The summed E-state index contributed by atoms with van der Waals surface area (Å²) in [7, 11) is 1.65. The van der Waals surface area contributed by atoms with Crippen molar-refractivity contribution in [2.75, 3.05) is 20.2 Å². The number of benzene rings is 2. The van der Waals surface area contributed by atoms with E-state index in [1.54, 1.807) is 13.2 Å². The number of hydrogen-bond donors (Lipinski definition) is 1. The Kier molecular flexibility index (Phi) is 7.62. The van der Waals surface area contributed by atoms with Gasteiger partial charge in [-0.2, -0.15) is 4.98 Å². The molecule has 1 fully saturated rings. The number of nitrogens with one attached hydrogen (secondary N) is 1. The van der Waals surface area contributed by atoms with E-state index in [4.69, 9.17) is 20.9 Å². The lowest BCUT2D eigenvalue weighted by Crippen LogP contribution is -2.43. The van der Waals surface area contributed by atoms with Crippen LogP contribution < -0.4 is 10.1 Å². The van der Waals surface area contributed by atoms with Gasteiger partial charge in [0.15, 0.2) is 0 Å². The van der Waals surface area contributed by atoms with Crippen LogP contribution in [0.5, 0.6) is 5.75 Å². The number of likely N-dealkylation sites (tertiary alicyclic amines) is 1. The summed E-state index contributed by atoms with van der Waals surface area (Å²) in [4.78, 5) is 19.8. The summed E-state index contributed by atoms with van der Waals surface area (Å²) in [6, 6.07) is 15.3. The van der Waals surface area contributed by atoms with E-state index in [2.05, 4.69) is 27.3 Å². The average molecular weight is 469 g/mol. The van der Waals surface area contributed by atoms with Crippen LogP contribution in [0.3, 0.4) is 0 Å². The van der Waals surface area contributed by atoms with E-state index in [1.807, 2.05) is 42.5 Å². The van der Waals surface area contributed by atoms with Crippen molar-refractivity contribution in [3.63, 3.8) is 0 Å². The van der Waals surface area contributed by atoms with E-state index >= 15 is 0 Å². The van der Waals surface area contributed by atoms with Crippen LogP contribution >= 0.6 is 11.6 Å². The van der Waals surface area contributed by atoms with Crippen molar-refractivity contribution in [1.82, 2.24) is 20.4 Å². The Morgan fingerprint density at radius 1 is 1.27 bits per heavy atom. The van der Waals surface area contributed by atoms with E-state index in [0.29, 0.717) is 29.8 Å². The van der Waals surface area contributed by atoms with Crippen molar-refractivity contribution in [2.24, 2.45) is 5.92 Å². The number of methoxy groups -OCH3 is 1. The summed E-state index contributed by atoms with van der Waals surface area (Å²) >= 11 is 6.24. The zero-order valence-electron chi connectivity index (χ0n) is 19.0. The maximum Gasteiger partial charge on any atom is 0.241 e. The first kappa shape index (κ1) is 23.3. The molecule has 1 aliphatic rings. The van der Waals surface area contributed by atoms with Gasteiger partial charge in [-0.15, -0.1) is 0 Å². The van der Waals surface area contributed by atoms with Crippen LogP contribution in [0.4, 0.5) is 0 Å². The molecule has 0 aliphatic carbocycles. The Bertz CT molecular complexity index is 1070. The third kappa shape index (κ3) is 5.72. The molecular weight excluding hydrogens is 440 g/mol. The molecule has 1 aliphatic heterocycles. The van der Waals surface area contributed by atoms with Crippen LogP contribution in [-0.2, 0) is 11.3 Å². The lowest BCUT2D eigenvalue weighted by molar-refractivity contribution is -0.127. The SMILES string of the molecule is CCC(NC(=O)C1CCCN(Cc2nc(-c3ccccc3Cl)no2)C1)c1ccc(OC)cc1. The van der Waals surface area contributed by atoms with E-state index in [-0.39, 0.29) is 17.9 Å². The Labute approximate surface area is 199 Å². The molecule has 2 aromatic carbocycles. The minimum atomic E-state index is -0.0722. The summed E-state index contributed by atoms with van der Waals surface area (Å²) < 4.78 is 10.7. The third-order valence-electron chi connectivity index (χ3n) is 6.06. The highest BCUT2D eigenvalue weighted by molar-refractivity contribution is 6.33. The molecule has 4 rings (SSSR count). The first-order valence-corrected chi connectivity index (χ1v) is 11.7. The number of aromatic nitrogens is 2. The third-order valence-corrected chi connectivity index (χ3v) is 6.39. The molecule has 8 heteroatoms. The van der Waals surface area contributed by atoms with Crippen LogP contribution in [0.1, 0.15) is 43.7 Å². The molecule has 0 bridgehead atoms. The van der Waals surface area contributed by atoms with E-state index in [9.17, 15) is 4.79 Å². The molecule has 1 saturated heterocycles. The van der Waals surface area contributed by atoms with Crippen LogP contribution in [0.15, 0.2) is 53.1 Å². The number of halogens is 1. The second kappa shape index (κ2) is 10.8. The lowest BCUT2D eigenvalue weighted by Gasteiger charge is -2.32. The monoisotopic (exact) mass is 468 g/mol. The number of carbonyl (C=O) groups is 1. The molecule has 0 spiro atoms. The summed E-state index contributed by atoms with van der Waals surface area (Å²) in [6.07, 6.45) is 2.64. The summed E-state index contributed by atoms with van der Waals surface area (Å²) in [5.41, 5.74) is 1.83. The number of carbonyl (C=O) groups excluding carboxylic acids is 1. The summed E-state index contributed by atoms with van der Waals surface area (Å²) in [5.74, 6) is 1.83. The molecule has 2 unspecified atom stereocenters. The molecular formula is C25H29ClN4O3. The maximum atomic E-state index is 13.1. The predicted molar refractivity (Wildman–Crippen MR) is 127 cm³/mol. The van der Waals surface area contributed by atoms with Gasteiger partial charge in [-0.05, 0) is 55.6 Å². The number of nitrogens with zero attached hydrogens (tertiary/aromatic N) is 3. The topological polar surface area (TPSA) is 80.5 Å². The van der Waals surface area contributed by atoms with Crippen LogP contribution in [-0.4, -0.2) is 41.1 Å². The van der Waals surface area contributed by atoms with Gasteiger partial charge in [0.2, 0.25) is 17.6 Å². The molecule has 1 aromatic heterocycles. The van der Waals surface area contributed by atoms with Gasteiger partial charge in [0.25, 0.3) is 0 Å². The Balaban J connectivity index is 1.36. The van der Waals surface area contributed by atoms with Crippen LogP contribution in [0, 0.1) is 5.92 Å². The summed E-state index contributed by atoms with van der Waals surface area (Å²) in [5, 5.41) is 7.90. The molecule has 2 atom stereocenters. The van der Waals surface area contributed by atoms with Crippen LogP contribution in [0.2, 0.25) is 5.02 Å². The fourth-order valence-electron chi connectivity index (χ4n) is 4.22. The normalized spacial score (nSPS) is 17.5. The second-order valence-corrected chi connectivity index (χ2v) is 8.72. The molecule has 3 aromatic rings. The quantitative estimate of drug-likeness (QED) is 0.507. The van der Waals surface area contributed by atoms with Gasteiger partial charge in [-0.1, -0.05) is 47.9 Å². The highest BCUT2D eigenvalue weighted by Crippen LogP contribution is 2.26. The second-order valence-electron chi connectivity index (χ2n) is 8.31. The van der Waals surface area contributed by atoms with E-state index < -0.39 is 0 Å². The average Bonchev–Trinajstić information content (AvgIpc) is 3.31. The molecule has 2 heterocycles. The van der Waals surface area contributed by atoms with Crippen molar-refractivity contribution in [1.29, 1.82) is 0 Å². The van der Waals surface area contributed by atoms with Gasteiger partial charge in [-0.3, -0.25) is 9.69 Å². The molecule has 33 heavy (non-hydrogen) atoms. The number of hydrogen-bond acceptors (Lipinski definition) is 6. The fraction of sp³-hybridized carbons (Fsp3) is 0.400. The number of rotatable bonds is 8. The Morgan fingerprint density at radius 2 is 2.06 bits per heavy atom. The van der Waals surface area contributed by atoms with Gasteiger partial charge in [0.05, 0.1) is 30.6 Å². The molecule has 174 valence electrons. The number of ether oxygens (including phenoxy) is 1. The van der Waals surface area contributed by atoms with Gasteiger partial charge < -0.3 is 14.6 Å². The van der Waals surface area contributed by atoms with Crippen LogP contribution in [0.25, 0.3) is 11.4 Å². The molecule has 1 amide bonds. The van der Waals surface area contributed by atoms with Gasteiger partial charge in [-0.25, -0.2) is 0 Å². The first-order chi connectivity index (χ1) is 16.1. The molecule has 7 nitrogen and oxygen atoms in total. The van der Waals surface area contributed by atoms with Crippen molar-refractivity contribution in [2.45, 2.75) is 38.8 Å². The Morgan fingerprint density at radius 3 is 2.79 bits per heavy atom. The molecule has 0 radical (unpaired) electrons. The zero-order valence-corrected chi connectivity index (χ0v) is 19.7. The smallest absolute Gasteiger partial charge is 0.241 e. The summed E-state index contributed by atoms with van der Waals surface area (Å²) in [6.45, 7) is 4.14. The highest BCUT2D eigenvalue weighted by Gasteiger charge is 2.28. The largest absolute Gasteiger partial charge is 0.497 e. The minimum Gasteiger partial charge on any atom is -0.497 e. The van der Waals surface area contributed by atoms with Crippen molar-refractivity contribution in [3.05, 3.63) is 65.0 Å². The standard InChI is InChI=1S/C25H29ClN4O3/c1-3-22(17-10-12-19(32-2)13-11-17)27-25(31)18-7-6-14-30(15-18)16-23-28-24(29-33-23)20-8-4-5-9-21(20)26/h4-5,8-13,18,22H,3,6-7,14-16H2,1-2H3,(H,27,31). The lowest BCUT2D eigenvalue weighted by atomic mass is 9.95. The van der Waals surface area contributed by atoms with Crippen molar-refractivity contribution >= 4 is 17.5 Å². The van der Waals surface area contributed by atoms with E-state index in [1.165, 1.54) is 0 Å². The van der Waals surface area contributed by atoms with Gasteiger partial charge in [0, 0.05) is 12.1 Å². The van der Waals surface area contributed by atoms with Crippen molar-refractivity contribution < 1.29 is 14.1 Å². The first-order valence-electron chi connectivity index (χ1n) is 11.3.